The van der Waals surface area contributed by atoms with Gasteiger partial charge in [0.05, 0.1) is 5.39 Å². The zero-order valence-corrected chi connectivity index (χ0v) is 15.0. The molecule has 0 atom stereocenters. The van der Waals surface area contributed by atoms with Crippen molar-refractivity contribution in [1.82, 2.24) is 15.0 Å². The molecule has 0 unspecified atom stereocenters. The molecule has 0 aliphatic carbocycles. The van der Waals surface area contributed by atoms with E-state index in [1.807, 2.05) is 18.3 Å². The fraction of sp³-hybridized carbons (Fsp3) is 0.353. The molecular weight excluding hydrogens is 342 g/mol. The molecule has 7 heteroatoms. The van der Waals surface area contributed by atoms with E-state index in [0.29, 0.717) is 5.28 Å². The first kappa shape index (κ1) is 15.6. The van der Waals surface area contributed by atoms with Gasteiger partial charge >= 0.3 is 0 Å². The van der Waals surface area contributed by atoms with Gasteiger partial charge in [0.25, 0.3) is 0 Å². The van der Waals surface area contributed by atoms with Crippen LogP contribution in [0.4, 0.5) is 11.6 Å². The number of pyridine rings is 1. The number of aryl methyl sites for hydroxylation is 1. The minimum Gasteiger partial charge on any atom is -0.353 e. The summed E-state index contributed by atoms with van der Waals surface area (Å²) in [6.07, 6.45) is 2.85. The maximum Gasteiger partial charge on any atom is 0.225 e. The van der Waals surface area contributed by atoms with Crippen molar-refractivity contribution >= 4 is 44.8 Å². The summed E-state index contributed by atoms with van der Waals surface area (Å²) in [5.74, 6) is 1.99. The fourth-order valence-electron chi connectivity index (χ4n) is 3.03. The molecule has 24 heavy (non-hydrogen) atoms. The molecular formula is C17H18ClN5S. The van der Waals surface area contributed by atoms with Crippen LogP contribution in [0.3, 0.4) is 0 Å². The summed E-state index contributed by atoms with van der Waals surface area (Å²) < 4.78 is 0. The Bertz CT molecular complexity index is 843. The van der Waals surface area contributed by atoms with Gasteiger partial charge < -0.3 is 9.80 Å². The van der Waals surface area contributed by atoms with E-state index in [1.54, 1.807) is 11.3 Å². The van der Waals surface area contributed by atoms with Crippen LogP contribution in [-0.4, -0.2) is 41.1 Å². The Labute approximate surface area is 149 Å². The molecule has 0 bridgehead atoms. The molecule has 1 aliphatic heterocycles. The predicted octanol–water partition coefficient (Wildman–Crippen LogP) is 3.63. The number of nitrogens with zero attached hydrogens (tertiary/aromatic N) is 5. The first-order chi connectivity index (χ1) is 11.7. The molecule has 3 aromatic heterocycles. The van der Waals surface area contributed by atoms with Crippen LogP contribution in [0.15, 0.2) is 30.5 Å². The molecule has 1 saturated heterocycles. The SMILES string of the molecule is CCc1cc2c(N3CCN(c4ccccn4)CC3)nc(Cl)nc2s1. The van der Waals surface area contributed by atoms with E-state index in [1.165, 1.54) is 4.88 Å². The lowest BCUT2D eigenvalue weighted by Crippen LogP contribution is -2.47. The Morgan fingerprint density at radius 2 is 1.92 bits per heavy atom. The standard InChI is InChI=1S/C17H18ClN5S/c1-2-12-11-13-15(20-17(18)21-16(13)24-12)23-9-7-22(8-10-23)14-5-3-4-6-19-14/h3-6,11H,2,7-10H2,1H3. The monoisotopic (exact) mass is 359 g/mol. The number of aromatic nitrogens is 3. The third-order valence-electron chi connectivity index (χ3n) is 4.30. The van der Waals surface area contributed by atoms with Crippen molar-refractivity contribution in [2.75, 3.05) is 36.0 Å². The first-order valence-electron chi connectivity index (χ1n) is 8.11. The number of halogens is 1. The Morgan fingerprint density at radius 1 is 1.12 bits per heavy atom. The maximum absolute atomic E-state index is 6.16. The second kappa shape index (κ2) is 6.53. The third-order valence-corrected chi connectivity index (χ3v) is 5.64. The number of fused-ring (bicyclic) bond motifs is 1. The van der Waals surface area contributed by atoms with Crippen LogP contribution in [0.1, 0.15) is 11.8 Å². The van der Waals surface area contributed by atoms with E-state index in [0.717, 1.165) is 54.5 Å². The number of hydrogen-bond acceptors (Lipinski definition) is 6. The van der Waals surface area contributed by atoms with Crippen LogP contribution in [0.5, 0.6) is 0 Å². The number of piperazine rings is 1. The highest BCUT2D eigenvalue weighted by Crippen LogP contribution is 2.33. The molecule has 0 spiro atoms. The number of hydrogen-bond donors (Lipinski definition) is 0. The van der Waals surface area contributed by atoms with Crippen LogP contribution >= 0.6 is 22.9 Å². The molecule has 4 rings (SSSR count). The molecule has 3 aromatic rings. The zero-order chi connectivity index (χ0) is 16.5. The summed E-state index contributed by atoms with van der Waals surface area (Å²) in [4.78, 5) is 20.3. The first-order valence-corrected chi connectivity index (χ1v) is 9.31. The summed E-state index contributed by atoms with van der Waals surface area (Å²) in [5, 5.41) is 1.45. The van der Waals surface area contributed by atoms with Gasteiger partial charge in [-0.15, -0.1) is 11.3 Å². The smallest absolute Gasteiger partial charge is 0.225 e. The van der Waals surface area contributed by atoms with Crippen molar-refractivity contribution < 1.29 is 0 Å². The van der Waals surface area contributed by atoms with Crippen molar-refractivity contribution in [1.29, 1.82) is 0 Å². The highest BCUT2D eigenvalue weighted by molar-refractivity contribution is 7.18. The molecule has 4 heterocycles. The Kier molecular flexibility index (Phi) is 4.24. The van der Waals surface area contributed by atoms with Gasteiger partial charge in [0.2, 0.25) is 5.28 Å². The average molecular weight is 360 g/mol. The molecule has 5 nitrogen and oxygen atoms in total. The van der Waals surface area contributed by atoms with Crippen molar-refractivity contribution in [2.45, 2.75) is 13.3 Å². The van der Waals surface area contributed by atoms with Gasteiger partial charge in [0.15, 0.2) is 0 Å². The molecule has 124 valence electrons. The number of thiophene rings is 1. The van der Waals surface area contributed by atoms with Crippen LogP contribution < -0.4 is 9.80 Å². The highest BCUT2D eigenvalue weighted by atomic mass is 35.5. The van der Waals surface area contributed by atoms with Crippen LogP contribution in [-0.2, 0) is 6.42 Å². The summed E-state index contributed by atoms with van der Waals surface area (Å²) in [5.41, 5.74) is 0. The largest absolute Gasteiger partial charge is 0.353 e. The fourth-order valence-corrected chi connectivity index (χ4v) is 4.21. The summed E-state index contributed by atoms with van der Waals surface area (Å²) in [7, 11) is 0. The Hall–Kier alpha value is -1.92. The molecule has 1 aliphatic rings. The average Bonchev–Trinajstić information content (AvgIpc) is 3.05. The minimum atomic E-state index is 0.328. The topological polar surface area (TPSA) is 45.2 Å². The Morgan fingerprint density at radius 3 is 2.62 bits per heavy atom. The van der Waals surface area contributed by atoms with Gasteiger partial charge in [-0.05, 0) is 36.2 Å². The number of rotatable bonds is 3. The molecule has 0 N–H and O–H groups in total. The zero-order valence-electron chi connectivity index (χ0n) is 13.4. The Balaban J connectivity index is 1.59. The van der Waals surface area contributed by atoms with E-state index in [-0.39, 0.29) is 0 Å². The molecule has 0 radical (unpaired) electrons. The molecule has 0 amide bonds. The molecule has 0 saturated carbocycles. The van der Waals surface area contributed by atoms with Crippen LogP contribution in [0.25, 0.3) is 10.2 Å². The van der Waals surface area contributed by atoms with Gasteiger partial charge in [-0.25, -0.2) is 9.97 Å². The lowest BCUT2D eigenvalue weighted by molar-refractivity contribution is 0.643. The van der Waals surface area contributed by atoms with Gasteiger partial charge in [0, 0.05) is 37.3 Å². The quantitative estimate of drug-likeness (QED) is 0.668. The van der Waals surface area contributed by atoms with E-state index in [2.05, 4.69) is 43.8 Å². The molecule has 1 fully saturated rings. The van der Waals surface area contributed by atoms with Crippen molar-refractivity contribution in [3.8, 4) is 0 Å². The second-order valence-corrected chi connectivity index (χ2v) is 7.22. The van der Waals surface area contributed by atoms with Gasteiger partial charge in [-0.1, -0.05) is 13.0 Å². The van der Waals surface area contributed by atoms with Gasteiger partial charge in [-0.2, -0.15) is 4.98 Å². The maximum atomic E-state index is 6.16. The van der Waals surface area contributed by atoms with Crippen molar-refractivity contribution in [3.63, 3.8) is 0 Å². The summed E-state index contributed by atoms with van der Waals surface area (Å²) in [6.45, 7) is 5.80. The van der Waals surface area contributed by atoms with Crippen molar-refractivity contribution in [2.24, 2.45) is 0 Å². The van der Waals surface area contributed by atoms with Crippen LogP contribution in [0, 0.1) is 0 Å². The predicted molar refractivity (Wildman–Crippen MR) is 100 cm³/mol. The molecule has 0 aromatic carbocycles. The summed E-state index contributed by atoms with van der Waals surface area (Å²) in [6, 6.07) is 8.24. The van der Waals surface area contributed by atoms with Crippen LogP contribution in [0.2, 0.25) is 5.28 Å². The highest BCUT2D eigenvalue weighted by Gasteiger charge is 2.22. The lowest BCUT2D eigenvalue weighted by Gasteiger charge is -2.36. The van der Waals surface area contributed by atoms with E-state index >= 15 is 0 Å². The normalized spacial score (nSPS) is 15.2. The number of anilines is 2. The van der Waals surface area contributed by atoms with Gasteiger partial charge in [-0.3, -0.25) is 0 Å². The van der Waals surface area contributed by atoms with E-state index in [4.69, 9.17) is 11.6 Å². The second-order valence-electron chi connectivity index (χ2n) is 5.76. The minimum absolute atomic E-state index is 0.328. The third kappa shape index (κ3) is 2.91. The summed E-state index contributed by atoms with van der Waals surface area (Å²) >= 11 is 7.86. The van der Waals surface area contributed by atoms with Crippen molar-refractivity contribution in [3.05, 3.63) is 40.6 Å². The van der Waals surface area contributed by atoms with E-state index < -0.39 is 0 Å². The van der Waals surface area contributed by atoms with E-state index in [9.17, 15) is 0 Å². The van der Waals surface area contributed by atoms with Gasteiger partial charge in [0.1, 0.15) is 16.5 Å². The lowest BCUT2D eigenvalue weighted by atomic mass is 10.2.